The van der Waals surface area contributed by atoms with Crippen molar-refractivity contribution in [3.05, 3.63) is 188 Å². The lowest BCUT2D eigenvalue weighted by Gasteiger charge is -2.43. The first-order valence-corrected chi connectivity index (χ1v) is 29.1. The van der Waals surface area contributed by atoms with Crippen LogP contribution in [0.5, 0.6) is 0 Å². The molecule has 0 aliphatic heterocycles. The second-order valence-corrected chi connectivity index (χ2v) is 29.6. The van der Waals surface area contributed by atoms with Crippen molar-refractivity contribution in [3.63, 3.8) is 0 Å². The highest BCUT2D eigenvalue weighted by atomic mass is 15.2. The average molecular weight is 1000 g/mol. The molecule has 7 aromatic carbocycles. The molecule has 7 aromatic rings. The molecule has 5 aliphatic carbocycles. The van der Waals surface area contributed by atoms with Crippen LogP contribution in [-0.4, -0.2) is 0 Å². The van der Waals surface area contributed by atoms with Crippen molar-refractivity contribution >= 4 is 34.1 Å². The van der Waals surface area contributed by atoms with Crippen LogP contribution in [0, 0.1) is 13.8 Å². The summed E-state index contributed by atoms with van der Waals surface area (Å²) < 4.78 is 0. The Morgan fingerprint density at radius 3 is 1.34 bits per heavy atom. The SMILES string of the molecule is Cc1cc(N(c2ccc3c(c2)C(C)(C)c2cc4c(cc2-3)C(C)(C)CCC4(C)C)c2cc3c(cc2C)C(C)(C)CCC3(C)C)cc(N(c2ccc3c(c2)C(C)(C)CCC3(C)C)c2cccc3c2C(C)(C)c2ccccc2-3)c1. The van der Waals surface area contributed by atoms with Crippen LogP contribution < -0.4 is 9.80 Å². The predicted molar refractivity (Wildman–Crippen MR) is 326 cm³/mol. The third-order valence-electron chi connectivity index (χ3n) is 20.8. The van der Waals surface area contributed by atoms with Gasteiger partial charge in [-0.3, -0.25) is 0 Å². The molecule has 0 aromatic heterocycles. The molecule has 0 saturated heterocycles. The van der Waals surface area contributed by atoms with E-state index >= 15 is 0 Å². The maximum atomic E-state index is 2.65. The predicted octanol–water partition coefficient (Wildman–Crippen LogP) is 20.9. The third-order valence-corrected chi connectivity index (χ3v) is 20.8. The molecule has 0 unspecified atom stereocenters. The number of nitrogens with zero attached hydrogens (tertiary/aromatic N) is 2. The molecule has 76 heavy (non-hydrogen) atoms. The van der Waals surface area contributed by atoms with Crippen molar-refractivity contribution in [2.75, 3.05) is 9.80 Å². The molecule has 0 saturated carbocycles. The molecule has 12 rings (SSSR count). The lowest BCUT2D eigenvalue weighted by molar-refractivity contribution is 0.331. The first-order valence-electron chi connectivity index (χ1n) is 29.1. The summed E-state index contributed by atoms with van der Waals surface area (Å²) in [7, 11) is 0. The van der Waals surface area contributed by atoms with E-state index < -0.39 is 0 Å². The van der Waals surface area contributed by atoms with Crippen molar-refractivity contribution < 1.29 is 0 Å². The van der Waals surface area contributed by atoms with Crippen molar-refractivity contribution in [3.8, 4) is 22.3 Å². The first-order chi connectivity index (χ1) is 35.4. The summed E-state index contributed by atoms with van der Waals surface area (Å²) in [6.45, 7) is 44.1. The van der Waals surface area contributed by atoms with Gasteiger partial charge in [0, 0.05) is 39.3 Å². The van der Waals surface area contributed by atoms with Gasteiger partial charge in [-0.1, -0.05) is 171 Å². The number of rotatable bonds is 6. The van der Waals surface area contributed by atoms with Crippen LogP contribution in [0.15, 0.2) is 121 Å². The number of benzene rings is 7. The van der Waals surface area contributed by atoms with E-state index in [1.165, 1.54) is 143 Å². The van der Waals surface area contributed by atoms with Gasteiger partial charge in [0.1, 0.15) is 0 Å². The maximum Gasteiger partial charge on any atom is 0.0508 e. The minimum absolute atomic E-state index is 0.0443. The minimum atomic E-state index is -0.213. The lowest BCUT2D eigenvalue weighted by atomic mass is 9.62. The second kappa shape index (κ2) is 16.3. The van der Waals surface area contributed by atoms with Gasteiger partial charge in [0.15, 0.2) is 0 Å². The van der Waals surface area contributed by atoms with Gasteiger partial charge in [0.2, 0.25) is 0 Å². The Kier molecular flexibility index (Phi) is 11.0. The van der Waals surface area contributed by atoms with E-state index in [4.69, 9.17) is 0 Å². The molecular weight excluding hydrogens is 917 g/mol. The molecule has 0 heterocycles. The zero-order valence-corrected chi connectivity index (χ0v) is 49.7. The highest BCUT2D eigenvalue weighted by molar-refractivity contribution is 5.93. The molecule has 0 N–H and O–H groups in total. The van der Waals surface area contributed by atoms with Gasteiger partial charge >= 0.3 is 0 Å². The summed E-state index contributed by atoms with van der Waals surface area (Å²) in [5.41, 5.74) is 30.2. The van der Waals surface area contributed by atoms with E-state index in [1.807, 2.05) is 0 Å². The van der Waals surface area contributed by atoms with Gasteiger partial charge in [0.25, 0.3) is 0 Å². The fourth-order valence-electron chi connectivity index (χ4n) is 15.5. The summed E-state index contributed by atoms with van der Waals surface area (Å²) >= 11 is 0. The number of hydrogen-bond donors (Lipinski definition) is 0. The van der Waals surface area contributed by atoms with Gasteiger partial charge in [-0.25, -0.2) is 0 Å². The number of aryl methyl sites for hydroxylation is 2. The molecule has 0 bridgehead atoms. The third kappa shape index (κ3) is 7.52. The molecule has 392 valence electrons. The molecular formula is C74H86N2. The summed E-state index contributed by atoms with van der Waals surface area (Å²) in [5.74, 6) is 0. The van der Waals surface area contributed by atoms with Crippen LogP contribution in [0.4, 0.5) is 34.1 Å². The van der Waals surface area contributed by atoms with Gasteiger partial charge in [-0.15, -0.1) is 0 Å². The number of anilines is 6. The molecule has 5 aliphatic rings. The minimum Gasteiger partial charge on any atom is -0.310 e. The van der Waals surface area contributed by atoms with Crippen molar-refractivity contribution in [2.45, 2.75) is 206 Å². The number of hydrogen-bond acceptors (Lipinski definition) is 2. The van der Waals surface area contributed by atoms with E-state index in [0.29, 0.717) is 0 Å². The standard InChI is InChI=1S/C74H86N2/c1-45-36-49(75(48-27-29-56-60(41-48)69(7,8)31-30-67(56,3)4)64-25-21-23-53-51-22-19-20-24-55(51)74(17,18)66(53)64)39-50(37-45)76(65-44-63-59(38-46(65)2)68(5,6)32-35-72(63,13)14)47-26-28-52-54-42-61-62(71(11,12)34-33-70(61,9)10)43-58(54)73(15,16)57(52)40-47/h19-29,36-44H,30-35H2,1-18H3. The molecule has 2 nitrogen and oxygen atoms in total. The highest BCUT2D eigenvalue weighted by Gasteiger charge is 2.45. The molecule has 0 atom stereocenters. The van der Waals surface area contributed by atoms with E-state index in [-0.39, 0.29) is 43.3 Å². The summed E-state index contributed by atoms with van der Waals surface area (Å²) in [5, 5.41) is 0. The zero-order chi connectivity index (χ0) is 54.2. The Balaban J connectivity index is 1.11. The Labute approximate surface area is 458 Å². The van der Waals surface area contributed by atoms with Crippen molar-refractivity contribution in [1.82, 2.24) is 0 Å². The second-order valence-electron chi connectivity index (χ2n) is 29.6. The Bertz CT molecular complexity index is 3580. The molecule has 0 radical (unpaired) electrons. The fourth-order valence-corrected chi connectivity index (χ4v) is 15.5. The number of fused-ring (bicyclic) bond motifs is 9. The van der Waals surface area contributed by atoms with Gasteiger partial charge in [0.05, 0.1) is 5.69 Å². The van der Waals surface area contributed by atoms with E-state index in [1.54, 1.807) is 5.56 Å². The molecule has 0 spiro atoms. The van der Waals surface area contributed by atoms with Crippen LogP contribution in [0.2, 0.25) is 0 Å². The Morgan fingerprint density at radius 2 is 0.737 bits per heavy atom. The van der Waals surface area contributed by atoms with Gasteiger partial charge in [-0.05, 0) is 235 Å². The monoisotopic (exact) mass is 1000 g/mol. The molecule has 0 amide bonds. The quantitative estimate of drug-likeness (QED) is 0.164. The summed E-state index contributed by atoms with van der Waals surface area (Å²) in [4.78, 5) is 5.28. The normalized spacial score (nSPS) is 20.5. The molecule has 0 fully saturated rings. The van der Waals surface area contributed by atoms with E-state index in [2.05, 4.69) is 256 Å². The van der Waals surface area contributed by atoms with Crippen LogP contribution in [-0.2, 0) is 43.3 Å². The van der Waals surface area contributed by atoms with Crippen molar-refractivity contribution in [1.29, 1.82) is 0 Å². The highest BCUT2D eigenvalue weighted by Crippen LogP contribution is 2.59. The van der Waals surface area contributed by atoms with Crippen molar-refractivity contribution in [2.24, 2.45) is 0 Å². The molecule has 2 heteroatoms. The lowest BCUT2D eigenvalue weighted by Crippen LogP contribution is -2.34. The van der Waals surface area contributed by atoms with Crippen LogP contribution in [0.25, 0.3) is 22.3 Å². The van der Waals surface area contributed by atoms with Crippen LogP contribution in [0.1, 0.15) is 216 Å². The summed E-state index contributed by atoms with van der Waals surface area (Å²) in [6.07, 6.45) is 7.13. The first kappa shape index (κ1) is 50.9. The van der Waals surface area contributed by atoms with Gasteiger partial charge in [-0.2, -0.15) is 0 Å². The van der Waals surface area contributed by atoms with Gasteiger partial charge < -0.3 is 9.80 Å². The van der Waals surface area contributed by atoms with Crippen LogP contribution >= 0.6 is 0 Å². The topological polar surface area (TPSA) is 6.48 Å². The van der Waals surface area contributed by atoms with Crippen LogP contribution in [0.3, 0.4) is 0 Å². The average Bonchev–Trinajstić information content (AvgIpc) is 3.73. The van der Waals surface area contributed by atoms with E-state index in [9.17, 15) is 0 Å². The summed E-state index contributed by atoms with van der Waals surface area (Å²) in [6, 6.07) is 49.0. The fraction of sp³-hybridized carbons (Fsp3) is 0.432. The smallest absolute Gasteiger partial charge is 0.0508 e. The zero-order valence-electron chi connectivity index (χ0n) is 49.7. The van der Waals surface area contributed by atoms with E-state index in [0.717, 1.165) is 12.8 Å². The Hall–Kier alpha value is -5.86. The Morgan fingerprint density at radius 1 is 0.289 bits per heavy atom. The largest absolute Gasteiger partial charge is 0.310 e. The maximum absolute atomic E-state index is 2.65.